The number of benzene rings is 1. The maximum absolute atomic E-state index is 11.0. The Morgan fingerprint density at radius 2 is 2.12 bits per heavy atom. The normalized spacial score (nSPS) is 11.3. The van der Waals surface area contributed by atoms with Gasteiger partial charge in [0, 0.05) is 24.2 Å². The number of nitrogens with zero attached hydrogens (tertiary/aromatic N) is 5. The molecule has 1 aromatic carbocycles. The monoisotopic (exact) mass is 337 g/mol. The molecule has 0 radical (unpaired) electrons. The van der Waals surface area contributed by atoms with Crippen LogP contribution in [0.1, 0.15) is 21.8 Å². The van der Waals surface area contributed by atoms with Crippen LogP contribution in [-0.2, 0) is 13.6 Å². The molecule has 0 saturated heterocycles. The first kappa shape index (κ1) is 15.1. The van der Waals surface area contributed by atoms with Crippen molar-refractivity contribution in [3.63, 3.8) is 0 Å². The molecule has 0 unspecified atom stereocenters. The molecule has 126 valence electrons. The van der Waals surface area contributed by atoms with Crippen LogP contribution < -0.4 is 0 Å². The fraction of sp³-hybridized carbons (Fsp3) is 0.176. The smallest absolute Gasteiger partial charge is 0.371 e. The minimum atomic E-state index is -1.08. The molecule has 0 spiro atoms. The minimum absolute atomic E-state index is 0.0674. The first-order valence-corrected chi connectivity index (χ1v) is 7.66. The van der Waals surface area contributed by atoms with Crippen LogP contribution in [0, 0.1) is 6.92 Å². The molecular weight excluding hydrogens is 322 g/mol. The van der Waals surface area contributed by atoms with E-state index in [4.69, 9.17) is 9.52 Å². The molecule has 4 rings (SSSR count). The number of fused-ring (bicyclic) bond motifs is 1. The molecule has 0 aliphatic heterocycles. The molecule has 0 bridgehead atoms. The average Bonchev–Trinajstić information content (AvgIpc) is 3.25. The maximum atomic E-state index is 11.0. The number of hydrogen-bond acceptors (Lipinski definition) is 5. The lowest BCUT2D eigenvalue weighted by Gasteiger charge is -2.00. The number of aryl methyl sites for hydroxylation is 2. The van der Waals surface area contributed by atoms with Gasteiger partial charge in [0.05, 0.1) is 18.4 Å². The van der Waals surface area contributed by atoms with Crippen molar-refractivity contribution in [1.29, 1.82) is 0 Å². The maximum Gasteiger partial charge on any atom is 0.371 e. The van der Waals surface area contributed by atoms with Gasteiger partial charge in [-0.3, -0.25) is 4.68 Å². The summed E-state index contributed by atoms with van der Waals surface area (Å²) in [7, 11) is 1.87. The molecule has 8 heteroatoms. The summed E-state index contributed by atoms with van der Waals surface area (Å²) < 4.78 is 8.75. The van der Waals surface area contributed by atoms with E-state index in [9.17, 15) is 4.79 Å². The number of carboxylic acids is 1. The largest absolute Gasteiger partial charge is 0.475 e. The predicted octanol–water partition coefficient (Wildman–Crippen LogP) is 2.48. The third-order valence-electron chi connectivity index (χ3n) is 3.96. The fourth-order valence-corrected chi connectivity index (χ4v) is 2.83. The second-order valence-electron chi connectivity index (χ2n) is 5.89. The Morgan fingerprint density at radius 3 is 2.84 bits per heavy atom. The Balaban J connectivity index is 1.61. The molecule has 3 aromatic heterocycles. The second-order valence-corrected chi connectivity index (χ2v) is 5.89. The highest BCUT2D eigenvalue weighted by Crippen LogP contribution is 2.22. The number of rotatable bonds is 4. The summed E-state index contributed by atoms with van der Waals surface area (Å²) in [5.41, 5.74) is 4.14. The van der Waals surface area contributed by atoms with Gasteiger partial charge in [0.15, 0.2) is 0 Å². The van der Waals surface area contributed by atoms with E-state index < -0.39 is 5.97 Å². The van der Waals surface area contributed by atoms with E-state index in [0.717, 1.165) is 27.9 Å². The van der Waals surface area contributed by atoms with Crippen molar-refractivity contribution in [2.45, 2.75) is 13.5 Å². The number of aromatic nitrogens is 5. The van der Waals surface area contributed by atoms with Gasteiger partial charge in [-0.15, -0.1) is 5.10 Å². The van der Waals surface area contributed by atoms with Gasteiger partial charge in [-0.25, -0.2) is 9.48 Å². The van der Waals surface area contributed by atoms with Gasteiger partial charge in [-0.1, -0.05) is 11.3 Å². The SMILES string of the molecule is Cc1nn(C)cc1-c1cn(Cc2ccc3oc(C(=O)O)cc3c2)nn1. The molecule has 0 aliphatic rings. The van der Waals surface area contributed by atoms with Crippen molar-refractivity contribution in [1.82, 2.24) is 24.8 Å². The van der Waals surface area contributed by atoms with Crippen LogP contribution in [-0.4, -0.2) is 35.9 Å². The number of furan rings is 1. The summed E-state index contributed by atoms with van der Waals surface area (Å²) in [5.74, 6) is -1.15. The third-order valence-corrected chi connectivity index (χ3v) is 3.96. The van der Waals surface area contributed by atoms with E-state index in [1.165, 1.54) is 6.07 Å². The number of carboxylic acid groups (broad SMARTS) is 1. The molecule has 1 N–H and O–H groups in total. The molecular formula is C17H15N5O3. The molecule has 0 saturated carbocycles. The Hall–Kier alpha value is -3.42. The Labute approximate surface area is 142 Å². The van der Waals surface area contributed by atoms with Gasteiger partial charge in [0.1, 0.15) is 11.3 Å². The van der Waals surface area contributed by atoms with Gasteiger partial charge in [0.25, 0.3) is 0 Å². The van der Waals surface area contributed by atoms with Crippen LogP contribution in [0.15, 0.2) is 41.1 Å². The van der Waals surface area contributed by atoms with E-state index >= 15 is 0 Å². The number of carbonyl (C=O) groups is 1. The van der Waals surface area contributed by atoms with Gasteiger partial charge in [0.2, 0.25) is 5.76 Å². The van der Waals surface area contributed by atoms with Gasteiger partial charge in [-0.05, 0) is 30.7 Å². The highest BCUT2D eigenvalue weighted by Gasteiger charge is 2.12. The summed E-state index contributed by atoms with van der Waals surface area (Å²) in [5, 5.41) is 22.4. The first-order chi connectivity index (χ1) is 12.0. The zero-order valence-electron chi connectivity index (χ0n) is 13.7. The lowest BCUT2D eigenvalue weighted by Crippen LogP contribution is -2.00. The van der Waals surface area contributed by atoms with Crippen molar-refractivity contribution in [2.75, 3.05) is 0 Å². The Kier molecular flexibility index (Phi) is 3.38. The van der Waals surface area contributed by atoms with Crippen molar-refractivity contribution < 1.29 is 14.3 Å². The summed E-state index contributed by atoms with van der Waals surface area (Å²) in [4.78, 5) is 11.0. The lowest BCUT2D eigenvalue weighted by molar-refractivity contribution is 0.0665. The highest BCUT2D eigenvalue weighted by molar-refractivity contribution is 5.91. The van der Waals surface area contributed by atoms with Crippen LogP contribution in [0.4, 0.5) is 0 Å². The first-order valence-electron chi connectivity index (χ1n) is 7.66. The van der Waals surface area contributed by atoms with E-state index in [0.29, 0.717) is 12.1 Å². The second kappa shape index (κ2) is 5.59. The zero-order valence-corrected chi connectivity index (χ0v) is 13.7. The molecule has 0 atom stereocenters. The van der Waals surface area contributed by atoms with E-state index in [2.05, 4.69) is 15.4 Å². The van der Waals surface area contributed by atoms with Crippen LogP contribution in [0.2, 0.25) is 0 Å². The molecule has 3 heterocycles. The van der Waals surface area contributed by atoms with Crippen molar-refractivity contribution in [2.24, 2.45) is 7.05 Å². The quantitative estimate of drug-likeness (QED) is 0.614. The summed E-state index contributed by atoms with van der Waals surface area (Å²) in [6.07, 6.45) is 3.78. The number of aromatic carboxylic acids is 1. The topological polar surface area (TPSA) is 99.0 Å². The lowest BCUT2D eigenvalue weighted by atomic mass is 10.1. The van der Waals surface area contributed by atoms with Crippen LogP contribution in [0.25, 0.3) is 22.2 Å². The molecule has 4 aromatic rings. The molecule has 0 amide bonds. The average molecular weight is 337 g/mol. The van der Waals surface area contributed by atoms with Gasteiger partial charge >= 0.3 is 5.97 Å². The zero-order chi connectivity index (χ0) is 17.6. The standard InChI is InChI=1S/C17H15N5O3/c1-10-13(8-21(2)19-10)14-9-22(20-18-14)7-11-3-4-15-12(5-11)6-16(25-15)17(23)24/h3-6,8-9H,7H2,1-2H3,(H,23,24). The van der Waals surface area contributed by atoms with Crippen LogP contribution in [0.3, 0.4) is 0 Å². The van der Waals surface area contributed by atoms with E-state index in [1.807, 2.05) is 38.5 Å². The summed E-state index contributed by atoms with van der Waals surface area (Å²) in [6.45, 7) is 2.46. The molecule has 0 aliphatic carbocycles. The van der Waals surface area contributed by atoms with Crippen LogP contribution >= 0.6 is 0 Å². The summed E-state index contributed by atoms with van der Waals surface area (Å²) >= 11 is 0. The third kappa shape index (κ3) is 2.78. The molecule has 8 nitrogen and oxygen atoms in total. The van der Waals surface area contributed by atoms with E-state index in [-0.39, 0.29) is 5.76 Å². The van der Waals surface area contributed by atoms with E-state index in [1.54, 1.807) is 15.4 Å². The minimum Gasteiger partial charge on any atom is -0.475 e. The van der Waals surface area contributed by atoms with Crippen LogP contribution in [0.5, 0.6) is 0 Å². The van der Waals surface area contributed by atoms with Gasteiger partial charge in [-0.2, -0.15) is 5.10 Å². The predicted molar refractivity (Wildman–Crippen MR) is 89.2 cm³/mol. The Bertz CT molecular complexity index is 1090. The molecule has 25 heavy (non-hydrogen) atoms. The Morgan fingerprint density at radius 1 is 1.28 bits per heavy atom. The fourth-order valence-electron chi connectivity index (χ4n) is 2.83. The summed E-state index contributed by atoms with van der Waals surface area (Å²) in [6, 6.07) is 7.06. The van der Waals surface area contributed by atoms with Gasteiger partial charge < -0.3 is 9.52 Å². The number of hydrogen-bond donors (Lipinski definition) is 1. The molecule has 0 fully saturated rings. The van der Waals surface area contributed by atoms with Crippen molar-refractivity contribution >= 4 is 16.9 Å². The van der Waals surface area contributed by atoms with Crippen molar-refractivity contribution in [3.8, 4) is 11.3 Å². The highest BCUT2D eigenvalue weighted by atomic mass is 16.4. The van der Waals surface area contributed by atoms with Crippen molar-refractivity contribution in [3.05, 3.63) is 53.7 Å².